The fourth-order valence-electron chi connectivity index (χ4n) is 4.12. The number of nitrogens with one attached hydrogen (secondary N) is 2. The molecule has 34 heavy (non-hydrogen) atoms. The van der Waals surface area contributed by atoms with Gasteiger partial charge in [-0.15, -0.1) is 0 Å². The number of carbonyl (C=O) groups is 1. The molecule has 0 bridgehead atoms. The van der Waals surface area contributed by atoms with Crippen molar-refractivity contribution in [1.82, 2.24) is 9.97 Å². The molecule has 11 heteroatoms. The summed E-state index contributed by atoms with van der Waals surface area (Å²) >= 11 is 0. The van der Waals surface area contributed by atoms with Crippen LogP contribution in [-0.2, 0) is 9.47 Å². The van der Waals surface area contributed by atoms with E-state index in [2.05, 4.69) is 20.6 Å². The van der Waals surface area contributed by atoms with Crippen LogP contribution in [0.5, 0.6) is 5.88 Å². The number of nitrogens with two attached hydrogens (primary N) is 1. The van der Waals surface area contributed by atoms with Crippen molar-refractivity contribution in [2.45, 2.75) is 26.3 Å². The highest BCUT2D eigenvalue weighted by atomic mass is 19.1. The minimum atomic E-state index is -1.51. The highest BCUT2D eigenvalue weighted by molar-refractivity contribution is 5.99. The Morgan fingerprint density at radius 2 is 2.09 bits per heavy atom. The van der Waals surface area contributed by atoms with Gasteiger partial charge in [-0.1, -0.05) is 6.92 Å². The molecule has 1 saturated heterocycles. The van der Waals surface area contributed by atoms with Crippen molar-refractivity contribution in [3.8, 4) is 17.0 Å². The van der Waals surface area contributed by atoms with Crippen LogP contribution in [-0.4, -0.2) is 48.3 Å². The molecule has 178 valence electrons. The molecule has 4 heterocycles. The number of nitrogens with zero attached hydrogens (tertiary/aromatic N) is 2. The number of rotatable bonds is 3. The van der Waals surface area contributed by atoms with E-state index in [1.165, 1.54) is 12.4 Å². The highest BCUT2D eigenvalue weighted by Gasteiger charge is 2.28. The van der Waals surface area contributed by atoms with E-state index in [0.717, 1.165) is 0 Å². The Balaban J connectivity index is 1.48. The number of fused-ring (bicyclic) bond motifs is 2. The summed E-state index contributed by atoms with van der Waals surface area (Å²) in [4.78, 5) is 20.6. The molecular weight excluding hydrogens is 448 g/mol. The quantitative estimate of drug-likeness (QED) is 0.490. The zero-order valence-electron chi connectivity index (χ0n) is 18.5. The summed E-state index contributed by atoms with van der Waals surface area (Å²) < 4.78 is 44.6. The Morgan fingerprint density at radius 3 is 2.85 bits per heavy atom. The fourth-order valence-corrected chi connectivity index (χ4v) is 4.12. The molecule has 0 unspecified atom stereocenters. The number of hydrogen-bond acceptors (Lipinski definition) is 8. The molecule has 3 aromatic rings. The van der Waals surface area contributed by atoms with E-state index in [1.807, 2.05) is 6.92 Å². The first-order valence-electron chi connectivity index (χ1n) is 10.8. The number of benzene rings is 1. The lowest BCUT2D eigenvalue weighted by molar-refractivity contribution is 0.0688. The predicted octanol–water partition coefficient (Wildman–Crippen LogP) is 4.01. The van der Waals surface area contributed by atoms with Crippen LogP contribution in [0.1, 0.15) is 12.5 Å². The summed E-state index contributed by atoms with van der Waals surface area (Å²) in [6, 6.07) is 3.19. The molecule has 0 saturated carbocycles. The van der Waals surface area contributed by atoms with Crippen LogP contribution in [0.4, 0.5) is 30.8 Å². The number of ether oxygens (including phenoxy) is 3. The van der Waals surface area contributed by atoms with E-state index >= 15 is 4.39 Å². The average molecular weight is 471 g/mol. The van der Waals surface area contributed by atoms with Crippen molar-refractivity contribution >= 4 is 34.1 Å². The summed E-state index contributed by atoms with van der Waals surface area (Å²) in [6.07, 6.45) is 0.314. The third-order valence-electron chi connectivity index (χ3n) is 6.06. The van der Waals surface area contributed by atoms with Gasteiger partial charge >= 0.3 is 6.09 Å². The van der Waals surface area contributed by atoms with Crippen molar-refractivity contribution in [3.05, 3.63) is 35.9 Å². The van der Waals surface area contributed by atoms with Gasteiger partial charge in [0.1, 0.15) is 17.6 Å². The number of nitrogen functional groups attached to an aromatic ring is 1. The number of halogens is 2. The Hall–Kier alpha value is -3.73. The number of alkyl halides is 1. The first-order valence-corrected chi connectivity index (χ1v) is 10.8. The normalized spacial score (nSPS) is 21.5. The van der Waals surface area contributed by atoms with E-state index < -0.39 is 18.3 Å². The topological polar surface area (TPSA) is 121 Å². The summed E-state index contributed by atoms with van der Waals surface area (Å²) in [5, 5.41) is 6.47. The lowest BCUT2D eigenvalue weighted by Gasteiger charge is -2.24. The van der Waals surface area contributed by atoms with Gasteiger partial charge in [0.2, 0.25) is 5.88 Å². The second kappa shape index (κ2) is 8.56. The van der Waals surface area contributed by atoms with Crippen LogP contribution in [0.3, 0.4) is 0 Å². The van der Waals surface area contributed by atoms with Gasteiger partial charge in [-0.3, -0.25) is 5.32 Å². The first kappa shape index (κ1) is 22.1. The van der Waals surface area contributed by atoms with Crippen molar-refractivity contribution in [1.29, 1.82) is 0 Å². The van der Waals surface area contributed by atoms with Crippen LogP contribution < -0.4 is 21.1 Å². The summed E-state index contributed by atoms with van der Waals surface area (Å²) in [7, 11) is 0. The predicted molar refractivity (Wildman–Crippen MR) is 122 cm³/mol. The Morgan fingerprint density at radius 1 is 1.26 bits per heavy atom. The molecule has 5 rings (SSSR count). The standard InChI is InChI=1S/C23H23F2N5O4/c1-10-8-32-9-16(10)33-23(31)30-18-4-12-3-13(19(25)20(26)15(12)6-27-18)14-5-29-22-21(11(14)2)28-7-17(24)34-22/h3-6,10,16-17,28H,7-9,26H2,1-2H3,(H,27,30,31)/t10-,16+,17-/m1/s1. The zero-order chi connectivity index (χ0) is 24.0. The van der Waals surface area contributed by atoms with Crippen molar-refractivity contribution < 1.29 is 27.8 Å². The summed E-state index contributed by atoms with van der Waals surface area (Å²) in [6.45, 7) is 4.54. The molecule has 0 spiro atoms. The highest BCUT2D eigenvalue weighted by Crippen LogP contribution is 2.40. The molecule has 0 radical (unpaired) electrons. The minimum Gasteiger partial charge on any atom is -0.443 e. The molecule has 4 N–H and O–H groups in total. The minimum absolute atomic E-state index is 0.0378. The SMILES string of the molecule is Cc1c(-c2cc3cc(NC(=O)O[C@H]4COC[C@H]4C)ncc3c(N)c2F)cnc2c1NC[C@H](F)O2. The van der Waals surface area contributed by atoms with Crippen molar-refractivity contribution in [2.75, 3.05) is 36.1 Å². The van der Waals surface area contributed by atoms with Crippen LogP contribution in [0.2, 0.25) is 0 Å². The smallest absolute Gasteiger partial charge is 0.413 e. The van der Waals surface area contributed by atoms with E-state index in [9.17, 15) is 9.18 Å². The molecule has 9 nitrogen and oxygen atoms in total. The maximum absolute atomic E-state index is 15.3. The average Bonchev–Trinajstić information content (AvgIpc) is 3.20. The lowest BCUT2D eigenvalue weighted by Crippen LogP contribution is -2.27. The first-order chi connectivity index (χ1) is 16.3. The largest absolute Gasteiger partial charge is 0.443 e. The third kappa shape index (κ3) is 3.92. The number of pyridine rings is 2. The fraction of sp³-hybridized carbons (Fsp3) is 0.348. The Labute approximate surface area is 193 Å². The van der Waals surface area contributed by atoms with E-state index in [-0.39, 0.29) is 41.5 Å². The molecule has 1 aromatic carbocycles. The van der Waals surface area contributed by atoms with Crippen LogP contribution in [0.15, 0.2) is 24.5 Å². The second-order valence-corrected chi connectivity index (χ2v) is 8.41. The third-order valence-corrected chi connectivity index (χ3v) is 6.06. The van der Waals surface area contributed by atoms with Crippen LogP contribution in [0.25, 0.3) is 21.9 Å². The second-order valence-electron chi connectivity index (χ2n) is 8.41. The monoisotopic (exact) mass is 471 g/mol. The molecular formula is C23H23F2N5O4. The van der Waals surface area contributed by atoms with Gasteiger partial charge in [0.05, 0.1) is 25.4 Å². The molecule has 3 atom stereocenters. The lowest BCUT2D eigenvalue weighted by atomic mass is 9.97. The Bertz CT molecular complexity index is 1290. The maximum atomic E-state index is 15.3. The zero-order valence-corrected chi connectivity index (χ0v) is 18.5. The van der Waals surface area contributed by atoms with Crippen LogP contribution >= 0.6 is 0 Å². The van der Waals surface area contributed by atoms with Gasteiger partial charge < -0.3 is 25.3 Å². The summed E-state index contributed by atoms with van der Waals surface area (Å²) in [5.41, 5.74) is 7.81. The van der Waals surface area contributed by atoms with Gasteiger partial charge in [0, 0.05) is 34.8 Å². The summed E-state index contributed by atoms with van der Waals surface area (Å²) in [5.74, 6) is -0.185. The molecule has 0 aliphatic carbocycles. The maximum Gasteiger partial charge on any atom is 0.413 e. The number of anilines is 3. The molecule has 2 aromatic heterocycles. The van der Waals surface area contributed by atoms with Gasteiger partial charge in [0.25, 0.3) is 6.36 Å². The molecule has 2 aliphatic heterocycles. The van der Waals surface area contributed by atoms with Crippen molar-refractivity contribution in [3.63, 3.8) is 0 Å². The number of amides is 1. The Kier molecular flexibility index (Phi) is 5.56. The molecule has 1 amide bonds. The van der Waals surface area contributed by atoms with E-state index in [1.54, 1.807) is 19.1 Å². The van der Waals surface area contributed by atoms with Crippen LogP contribution in [0, 0.1) is 18.7 Å². The van der Waals surface area contributed by atoms with Gasteiger partial charge in [-0.05, 0) is 30.0 Å². The molecule has 2 aliphatic rings. The van der Waals surface area contributed by atoms with Gasteiger partial charge in [-0.25, -0.2) is 19.2 Å². The number of aromatic nitrogens is 2. The van der Waals surface area contributed by atoms with Crippen molar-refractivity contribution in [2.24, 2.45) is 5.92 Å². The van der Waals surface area contributed by atoms with E-state index in [0.29, 0.717) is 40.8 Å². The number of carbonyl (C=O) groups excluding carboxylic acids is 1. The molecule has 1 fully saturated rings. The van der Waals surface area contributed by atoms with Gasteiger partial charge in [0.15, 0.2) is 5.82 Å². The van der Waals surface area contributed by atoms with E-state index in [4.69, 9.17) is 19.9 Å². The van der Waals surface area contributed by atoms with Gasteiger partial charge in [-0.2, -0.15) is 4.39 Å². The number of hydrogen-bond donors (Lipinski definition) is 3.